The minimum atomic E-state index is -0.339. The SMILES string of the molecule is Cc1nnsc1C(=O)Nc1ccc(F)cc1. The molecule has 1 N–H and O–H groups in total. The van der Waals surface area contributed by atoms with Gasteiger partial charge in [-0.3, -0.25) is 4.79 Å². The van der Waals surface area contributed by atoms with Crippen LogP contribution in [0.2, 0.25) is 0 Å². The second-order valence-electron chi connectivity index (χ2n) is 3.15. The van der Waals surface area contributed by atoms with Crippen molar-refractivity contribution in [1.29, 1.82) is 0 Å². The molecule has 16 heavy (non-hydrogen) atoms. The molecule has 0 aliphatic carbocycles. The molecule has 0 spiro atoms. The number of hydrogen-bond acceptors (Lipinski definition) is 4. The van der Waals surface area contributed by atoms with E-state index in [0.29, 0.717) is 16.3 Å². The highest BCUT2D eigenvalue weighted by atomic mass is 32.1. The minimum absolute atomic E-state index is 0.279. The maximum absolute atomic E-state index is 12.6. The first kappa shape index (κ1) is 10.7. The molecule has 6 heteroatoms. The number of aromatic nitrogens is 2. The number of carbonyl (C=O) groups excluding carboxylic acids is 1. The van der Waals surface area contributed by atoms with Crippen molar-refractivity contribution in [3.63, 3.8) is 0 Å². The molecule has 0 saturated heterocycles. The van der Waals surface area contributed by atoms with Gasteiger partial charge in [0.1, 0.15) is 10.7 Å². The van der Waals surface area contributed by atoms with E-state index in [1.54, 1.807) is 6.92 Å². The van der Waals surface area contributed by atoms with Crippen LogP contribution < -0.4 is 5.32 Å². The Labute approximate surface area is 95.3 Å². The first-order valence-electron chi connectivity index (χ1n) is 4.52. The number of nitrogens with zero attached hydrogens (tertiary/aromatic N) is 2. The molecule has 1 heterocycles. The largest absolute Gasteiger partial charge is 0.321 e. The van der Waals surface area contributed by atoms with Crippen LogP contribution in [0, 0.1) is 12.7 Å². The minimum Gasteiger partial charge on any atom is -0.321 e. The summed E-state index contributed by atoms with van der Waals surface area (Å²) in [6.45, 7) is 1.71. The van der Waals surface area contributed by atoms with Gasteiger partial charge in [-0.05, 0) is 42.7 Å². The Morgan fingerprint density at radius 1 is 1.38 bits per heavy atom. The smallest absolute Gasteiger partial charge is 0.269 e. The molecule has 1 amide bonds. The number of aryl methyl sites for hydroxylation is 1. The number of rotatable bonds is 2. The van der Waals surface area contributed by atoms with Crippen LogP contribution in [0.1, 0.15) is 15.4 Å². The van der Waals surface area contributed by atoms with Crippen molar-refractivity contribution in [3.8, 4) is 0 Å². The Kier molecular flexibility index (Phi) is 2.91. The predicted molar refractivity (Wildman–Crippen MR) is 59.0 cm³/mol. The molecule has 0 aliphatic rings. The summed E-state index contributed by atoms with van der Waals surface area (Å²) in [4.78, 5) is 12.2. The van der Waals surface area contributed by atoms with E-state index in [2.05, 4.69) is 14.9 Å². The van der Waals surface area contributed by atoms with E-state index >= 15 is 0 Å². The number of amides is 1. The molecule has 2 rings (SSSR count). The Hall–Kier alpha value is -1.82. The van der Waals surface area contributed by atoms with E-state index in [-0.39, 0.29) is 11.7 Å². The Balaban J connectivity index is 2.14. The van der Waals surface area contributed by atoms with E-state index in [4.69, 9.17) is 0 Å². The lowest BCUT2D eigenvalue weighted by molar-refractivity contribution is 0.103. The third kappa shape index (κ3) is 2.22. The number of hydrogen-bond donors (Lipinski definition) is 1. The lowest BCUT2D eigenvalue weighted by Crippen LogP contribution is -2.11. The number of nitrogens with one attached hydrogen (secondary N) is 1. The summed E-state index contributed by atoms with van der Waals surface area (Å²) in [6.07, 6.45) is 0. The van der Waals surface area contributed by atoms with Crippen molar-refractivity contribution in [2.24, 2.45) is 0 Å². The van der Waals surface area contributed by atoms with Crippen LogP contribution in [0.15, 0.2) is 24.3 Å². The van der Waals surface area contributed by atoms with E-state index in [0.717, 1.165) is 11.5 Å². The van der Waals surface area contributed by atoms with E-state index < -0.39 is 0 Å². The highest BCUT2D eigenvalue weighted by Gasteiger charge is 2.12. The van der Waals surface area contributed by atoms with E-state index in [9.17, 15) is 9.18 Å². The number of halogens is 1. The van der Waals surface area contributed by atoms with Crippen LogP contribution in [0.25, 0.3) is 0 Å². The molecule has 0 atom stereocenters. The first-order chi connectivity index (χ1) is 7.66. The van der Waals surface area contributed by atoms with Gasteiger partial charge in [-0.15, -0.1) is 5.10 Å². The summed E-state index contributed by atoms with van der Waals surface area (Å²) in [7, 11) is 0. The predicted octanol–water partition coefficient (Wildman–Crippen LogP) is 2.24. The third-order valence-corrected chi connectivity index (χ3v) is 2.79. The summed E-state index contributed by atoms with van der Waals surface area (Å²) in [5.74, 6) is -0.618. The van der Waals surface area contributed by atoms with Crippen molar-refractivity contribution < 1.29 is 9.18 Å². The van der Waals surface area contributed by atoms with Crippen LogP contribution in [0.3, 0.4) is 0 Å². The Morgan fingerprint density at radius 2 is 2.06 bits per heavy atom. The molecule has 82 valence electrons. The molecule has 0 saturated carbocycles. The van der Waals surface area contributed by atoms with Crippen molar-refractivity contribution in [2.75, 3.05) is 5.32 Å². The van der Waals surface area contributed by atoms with Crippen molar-refractivity contribution in [3.05, 3.63) is 40.7 Å². The van der Waals surface area contributed by atoms with Crippen LogP contribution in [0.5, 0.6) is 0 Å². The number of anilines is 1. The Morgan fingerprint density at radius 3 is 2.62 bits per heavy atom. The first-order valence-corrected chi connectivity index (χ1v) is 5.30. The molecule has 0 aliphatic heterocycles. The van der Waals surface area contributed by atoms with Crippen LogP contribution in [-0.2, 0) is 0 Å². The fraction of sp³-hybridized carbons (Fsp3) is 0.100. The van der Waals surface area contributed by atoms with Crippen LogP contribution in [0.4, 0.5) is 10.1 Å². The van der Waals surface area contributed by atoms with Gasteiger partial charge in [-0.1, -0.05) is 4.49 Å². The van der Waals surface area contributed by atoms with Crippen molar-refractivity contribution >= 4 is 23.1 Å². The van der Waals surface area contributed by atoms with E-state index in [1.165, 1.54) is 24.3 Å². The monoisotopic (exact) mass is 237 g/mol. The summed E-state index contributed by atoms with van der Waals surface area (Å²) in [5.41, 5.74) is 1.13. The normalized spacial score (nSPS) is 10.1. The summed E-state index contributed by atoms with van der Waals surface area (Å²) >= 11 is 1.03. The standard InChI is InChI=1S/C10H8FN3OS/c1-6-9(16-14-13-6)10(15)12-8-4-2-7(11)3-5-8/h2-5H,1H3,(H,12,15). The molecule has 4 nitrogen and oxygen atoms in total. The maximum Gasteiger partial charge on any atom is 0.269 e. The molecular weight excluding hydrogens is 229 g/mol. The number of benzene rings is 1. The van der Waals surface area contributed by atoms with Gasteiger partial charge in [0.05, 0.1) is 5.69 Å². The van der Waals surface area contributed by atoms with Gasteiger partial charge in [0.2, 0.25) is 0 Å². The molecule has 0 radical (unpaired) electrons. The molecule has 0 bridgehead atoms. The van der Waals surface area contributed by atoms with Crippen LogP contribution in [-0.4, -0.2) is 15.5 Å². The fourth-order valence-corrected chi connectivity index (χ4v) is 1.71. The van der Waals surface area contributed by atoms with Crippen molar-refractivity contribution in [2.45, 2.75) is 6.92 Å². The molecule has 1 aromatic carbocycles. The average Bonchev–Trinajstić information content (AvgIpc) is 2.68. The second kappa shape index (κ2) is 4.36. The zero-order valence-corrected chi connectivity index (χ0v) is 9.21. The summed E-state index contributed by atoms with van der Waals surface area (Å²) in [6, 6.07) is 5.56. The highest BCUT2D eigenvalue weighted by Crippen LogP contribution is 2.14. The maximum atomic E-state index is 12.6. The quantitative estimate of drug-likeness (QED) is 0.871. The fourth-order valence-electron chi connectivity index (χ4n) is 1.16. The summed E-state index contributed by atoms with van der Waals surface area (Å²) < 4.78 is 16.3. The van der Waals surface area contributed by atoms with Crippen molar-refractivity contribution in [1.82, 2.24) is 9.59 Å². The molecule has 0 fully saturated rings. The highest BCUT2D eigenvalue weighted by molar-refractivity contribution is 7.08. The van der Waals surface area contributed by atoms with Gasteiger partial charge in [0.15, 0.2) is 0 Å². The van der Waals surface area contributed by atoms with Crippen LogP contribution >= 0.6 is 11.5 Å². The lowest BCUT2D eigenvalue weighted by Gasteiger charge is -2.02. The zero-order valence-electron chi connectivity index (χ0n) is 8.40. The lowest BCUT2D eigenvalue weighted by atomic mass is 10.3. The van der Waals surface area contributed by atoms with Gasteiger partial charge in [-0.25, -0.2) is 4.39 Å². The number of carbonyl (C=O) groups is 1. The molecule has 2 aromatic rings. The molecule has 1 aromatic heterocycles. The topological polar surface area (TPSA) is 54.9 Å². The summed E-state index contributed by atoms with van der Waals surface area (Å²) in [5, 5.41) is 6.38. The third-order valence-electron chi connectivity index (χ3n) is 1.96. The van der Waals surface area contributed by atoms with Gasteiger partial charge in [-0.2, -0.15) is 0 Å². The van der Waals surface area contributed by atoms with Gasteiger partial charge in [0.25, 0.3) is 5.91 Å². The van der Waals surface area contributed by atoms with E-state index in [1.807, 2.05) is 0 Å². The molecular formula is C10H8FN3OS. The van der Waals surface area contributed by atoms with Gasteiger partial charge >= 0.3 is 0 Å². The van der Waals surface area contributed by atoms with Gasteiger partial charge < -0.3 is 5.32 Å². The second-order valence-corrected chi connectivity index (χ2v) is 3.90. The zero-order chi connectivity index (χ0) is 11.5. The Bertz CT molecular complexity index is 509. The molecule has 0 unspecified atom stereocenters. The van der Waals surface area contributed by atoms with Gasteiger partial charge in [0, 0.05) is 5.69 Å². The average molecular weight is 237 g/mol.